The number of ether oxygens (including phenoxy) is 1. The Hall–Kier alpha value is -0.870. The van der Waals surface area contributed by atoms with E-state index in [1.54, 1.807) is 0 Å². The smallest absolute Gasteiger partial charge is 0.326 e. The van der Waals surface area contributed by atoms with Crippen LogP contribution in [0.2, 0.25) is 0 Å². The number of likely N-dealkylation sites (N-methyl/N-ethyl adjacent to an activating group) is 1. The number of carbonyl (C=O) groups excluding carboxylic acids is 1. The molecule has 0 aliphatic heterocycles. The molecule has 1 aromatic carbocycles. The summed E-state index contributed by atoms with van der Waals surface area (Å²) in [4.78, 5) is 12.1. The number of fused-ring (bicyclic) bond motifs is 1. The van der Waals surface area contributed by atoms with E-state index in [9.17, 15) is 4.79 Å². The van der Waals surface area contributed by atoms with Crippen molar-refractivity contribution in [2.24, 2.45) is 0 Å². The van der Waals surface area contributed by atoms with E-state index in [0.717, 1.165) is 23.9 Å². The summed E-state index contributed by atoms with van der Waals surface area (Å²) >= 11 is 3.49. The monoisotopic (exact) mass is 311 g/mol. The first-order valence-corrected chi connectivity index (χ1v) is 7.01. The Bertz CT molecular complexity index is 461. The average molecular weight is 312 g/mol. The van der Waals surface area contributed by atoms with Crippen LogP contribution in [0.5, 0.6) is 0 Å². The van der Waals surface area contributed by atoms with Gasteiger partial charge in [-0.15, -0.1) is 0 Å². The lowest BCUT2D eigenvalue weighted by molar-refractivity contribution is -0.149. The topological polar surface area (TPSA) is 38.3 Å². The number of methoxy groups -OCH3 is 1. The molecule has 98 valence electrons. The molecule has 0 amide bonds. The minimum atomic E-state index is -0.551. The number of esters is 1. The standard InChI is InChI=1S/C14H18BrNO2/c1-3-16-14(13(17)18-2)7-6-10-8-12(15)5-4-11(10)9-14/h4-5,8,16H,3,6-7,9H2,1-2H3. The van der Waals surface area contributed by atoms with Crippen LogP contribution in [0.4, 0.5) is 0 Å². The maximum absolute atomic E-state index is 12.1. The minimum Gasteiger partial charge on any atom is -0.468 e. The highest BCUT2D eigenvalue weighted by Gasteiger charge is 2.41. The maximum Gasteiger partial charge on any atom is 0.326 e. The molecule has 2 rings (SSSR count). The summed E-state index contributed by atoms with van der Waals surface area (Å²) in [5.41, 5.74) is 2.00. The van der Waals surface area contributed by atoms with Crippen molar-refractivity contribution in [1.29, 1.82) is 0 Å². The minimum absolute atomic E-state index is 0.155. The number of rotatable bonds is 3. The molecule has 1 atom stereocenters. The molecule has 0 fully saturated rings. The molecule has 1 N–H and O–H groups in total. The summed E-state index contributed by atoms with van der Waals surface area (Å²) in [5.74, 6) is -0.155. The van der Waals surface area contributed by atoms with Gasteiger partial charge in [-0.1, -0.05) is 28.9 Å². The molecule has 0 spiro atoms. The molecule has 4 heteroatoms. The van der Waals surface area contributed by atoms with Crippen LogP contribution in [0, 0.1) is 0 Å². The van der Waals surface area contributed by atoms with Gasteiger partial charge in [-0.3, -0.25) is 4.79 Å². The Morgan fingerprint density at radius 3 is 2.94 bits per heavy atom. The largest absolute Gasteiger partial charge is 0.468 e. The summed E-state index contributed by atoms with van der Waals surface area (Å²) in [6.45, 7) is 2.78. The zero-order valence-corrected chi connectivity index (χ0v) is 12.3. The molecule has 1 aliphatic rings. The molecule has 0 saturated heterocycles. The van der Waals surface area contributed by atoms with Crippen LogP contribution in [0.25, 0.3) is 0 Å². The van der Waals surface area contributed by atoms with Crippen LogP contribution in [0.3, 0.4) is 0 Å². The number of hydrogen-bond acceptors (Lipinski definition) is 3. The number of nitrogens with one attached hydrogen (secondary N) is 1. The Labute approximate surface area is 116 Å². The van der Waals surface area contributed by atoms with Crippen molar-refractivity contribution in [3.05, 3.63) is 33.8 Å². The Morgan fingerprint density at radius 2 is 2.28 bits per heavy atom. The van der Waals surface area contributed by atoms with Crippen molar-refractivity contribution >= 4 is 21.9 Å². The second-order valence-electron chi connectivity index (χ2n) is 4.69. The first kappa shape index (κ1) is 13.6. The van der Waals surface area contributed by atoms with E-state index >= 15 is 0 Å². The normalized spacial score (nSPS) is 22.4. The lowest BCUT2D eigenvalue weighted by atomic mass is 9.78. The van der Waals surface area contributed by atoms with Gasteiger partial charge in [0.25, 0.3) is 0 Å². The lowest BCUT2D eigenvalue weighted by Gasteiger charge is -2.36. The van der Waals surface area contributed by atoms with Crippen LogP contribution in [0.1, 0.15) is 24.5 Å². The van der Waals surface area contributed by atoms with E-state index in [4.69, 9.17) is 4.74 Å². The van der Waals surface area contributed by atoms with Gasteiger partial charge in [0, 0.05) is 10.9 Å². The van der Waals surface area contributed by atoms with Crippen molar-refractivity contribution in [3.63, 3.8) is 0 Å². The first-order valence-electron chi connectivity index (χ1n) is 6.22. The van der Waals surface area contributed by atoms with Gasteiger partial charge < -0.3 is 10.1 Å². The predicted molar refractivity (Wildman–Crippen MR) is 74.6 cm³/mol. The third-order valence-corrected chi connectivity index (χ3v) is 4.07. The summed E-state index contributed by atoms with van der Waals surface area (Å²) in [6, 6.07) is 6.26. The van der Waals surface area contributed by atoms with Crippen molar-refractivity contribution in [1.82, 2.24) is 5.32 Å². The SMILES string of the molecule is CCNC1(C(=O)OC)CCc2cc(Br)ccc2C1. The molecule has 0 radical (unpaired) electrons. The average Bonchev–Trinajstić information content (AvgIpc) is 2.38. The molecular formula is C14H18BrNO2. The summed E-state index contributed by atoms with van der Waals surface area (Å²) in [6.07, 6.45) is 2.39. The number of hydrogen-bond donors (Lipinski definition) is 1. The second kappa shape index (κ2) is 5.41. The Morgan fingerprint density at radius 1 is 1.50 bits per heavy atom. The van der Waals surface area contributed by atoms with Gasteiger partial charge >= 0.3 is 5.97 Å². The van der Waals surface area contributed by atoms with Gasteiger partial charge in [-0.2, -0.15) is 0 Å². The number of aryl methyl sites for hydroxylation is 1. The highest BCUT2D eigenvalue weighted by Crippen LogP contribution is 2.31. The maximum atomic E-state index is 12.1. The zero-order chi connectivity index (χ0) is 13.2. The molecule has 1 aromatic rings. The van der Waals surface area contributed by atoms with E-state index in [1.807, 2.05) is 13.0 Å². The van der Waals surface area contributed by atoms with E-state index in [0.29, 0.717) is 6.42 Å². The van der Waals surface area contributed by atoms with Crippen molar-refractivity contribution in [2.75, 3.05) is 13.7 Å². The number of carbonyl (C=O) groups is 1. The molecule has 1 unspecified atom stereocenters. The summed E-state index contributed by atoms with van der Waals surface area (Å²) < 4.78 is 6.07. The van der Waals surface area contributed by atoms with Gasteiger partial charge in [0.05, 0.1) is 7.11 Å². The van der Waals surface area contributed by atoms with Gasteiger partial charge in [0.15, 0.2) is 0 Å². The second-order valence-corrected chi connectivity index (χ2v) is 5.61. The van der Waals surface area contributed by atoms with Gasteiger partial charge in [0.1, 0.15) is 5.54 Å². The highest BCUT2D eigenvalue weighted by molar-refractivity contribution is 9.10. The van der Waals surface area contributed by atoms with Crippen molar-refractivity contribution in [3.8, 4) is 0 Å². The molecular weight excluding hydrogens is 294 g/mol. The van der Waals surface area contributed by atoms with E-state index in [-0.39, 0.29) is 5.97 Å². The molecule has 0 aromatic heterocycles. The fourth-order valence-corrected chi connectivity index (χ4v) is 3.10. The van der Waals surface area contributed by atoms with Crippen molar-refractivity contribution < 1.29 is 9.53 Å². The predicted octanol–water partition coefficient (Wildman–Crippen LogP) is 2.46. The molecule has 1 aliphatic carbocycles. The Balaban J connectivity index is 2.32. The van der Waals surface area contributed by atoms with Crippen LogP contribution in [0.15, 0.2) is 22.7 Å². The van der Waals surface area contributed by atoms with Crippen LogP contribution in [-0.2, 0) is 22.4 Å². The molecule has 0 bridgehead atoms. The molecule has 0 saturated carbocycles. The highest BCUT2D eigenvalue weighted by atomic mass is 79.9. The zero-order valence-electron chi connectivity index (χ0n) is 10.8. The van der Waals surface area contributed by atoms with Crippen LogP contribution < -0.4 is 5.32 Å². The van der Waals surface area contributed by atoms with Gasteiger partial charge in [0.2, 0.25) is 0 Å². The summed E-state index contributed by atoms with van der Waals surface area (Å²) in [5, 5.41) is 3.32. The van der Waals surface area contributed by atoms with Crippen LogP contribution >= 0.6 is 15.9 Å². The molecule has 0 heterocycles. The number of benzene rings is 1. The van der Waals surface area contributed by atoms with E-state index < -0.39 is 5.54 Å². The third kappa shape index (κ3) is 2.45. The fraction of sp³-hybridized carbons (Fsp3) is 0.500. The Kier molecular flexibility index (Phi) is 4.07. The number of halogens is 1. The van der Waals surface area contributed by atoms with Crippen molar-refractivity contribution in [2.45, 2.75) is 31.7 Å². The van der Waals surface area contributed by atoms with E-state index in [2.05, 4.69) is 33.4 Å². The first-order chi connectivity index (χ1) is 8.61. The molecule has 3 nitrogen and oxygen atoms in total. The van der Waals surface area contributed by atoms with Gasteiger partial charge in [-0.05, 0) is 42.6 Å². The van der Waals surface area contributed by atoms with Crippen LogP contribution in [-0.4, -0.2) is 25.2 Å². The fourth-order valence-electron chi connectivity index (χ4n) is 2.69. The summed E-state index contributed by atoms with van der Waals surface area (Å²) in [7, 11) is 1.46. The van der Waals surface area contributed by atoms with Gasteiger partial charge in [-0.25, -0.2) is 0 Å². The molecule has 18 heavy (non-hydrogen) atoms. The third-order valence-electron chi connectivity index (χ3n) is 3.57. The quantitative estimate of drug-likeness (QED) is 0.872. The van der Waals surface area contributed by atoms with E-state index in [1.165, 1.54) is 18.2 Å². The lowest BCUT2D eigenvalue weighted by Crippen LogP contribution is -2.56.